The first-order valence-corrected chi connectivity index (χ1v) is 9.39. The molecule has 0 saturated carbocycles. The number of thiophene rings is 1. The summed E-state index contributed by atoms with van der Waals surface area (Å²) in [5, 5.41) is 2.92. The summed E-state index contributed by atoms with van der Waals surface area (Å²) in [5.41, 5.74) is 5.90. The van der Waals surface area contributed by atoms with Crippen LogP contribution in [0, 0.1) is 0 Å². The minimum atomic E-state index is -0.284. The predicted octanol–water partition coefficient (Wildman–Crippen LogP) is 3.53. The summed E-state index contributed by atoms with van der Waals surface area (Å²) < 4.78 is 1.20. The van der Waals surface area contributed by atoms with Gasteiger partial charge in [-0.2, -0.15) is 0 Å². The highest BCUT2D eigenvalue weighted by atomic mass is 32.1. The van der Waals surface area contributed by atoms with E-state index in [4.69, 9.17) is 0 Å². The van der Waals surface area contributed by atoms with E-state index >= 15 is 0 Å². The lowest BCUT2D eigenvalue weighted by molar-refractivity contribution is -0.121. The fraction of sp³-hybridized carbons (Fsp3) is 0.235. The quantitative estimate of drug-likeness (QED) is 0.522. The van der Waals surface area contributed by atoms with Crippen molar-refractivity contribution in [3.05, 3.63) is 51.7 Å². The van der Waals surface area contributed by atoms with Crippen LogP contribution in [0.15, 0.2) is 41.8 Å². The number of aromatic nitrogens is 1. The van der Waals surface area contributed by atoms with Crippen LogP contribution in [-0.2, 0) is 11.2 Å². The van der Waals surface area contributed by atoms with Crippen molar-refractivity contribution < 1.29 is 9.59 Å². The Hall–Kier alpha value is -2.25. The van der Waals surface area contributed by atoms with Gasteiger partial charge in [0.25, 0.3) is 5.91 Å². The molecule has 0 aliphatic heterocycles. The Bertz CT molecular complexity index is 794. The van der Waals surface area contributed by atoms with Gasteiger partial charge in [-0.15, -0.1) is 22.7 Å². The zero-order valence-electron chi connectivity index (χ0n) is 13.0. The van der Waals surface area contributed by atoms with Gasteiger partial charge in [-0.3, -0.25) is 20.4 Å². The van der Waals surface area contributed by atoms with Crippen molar-refractivity contribution >= 4 is 44.7 Å². The Morgan fingerprint density at radius 3 is 2.71 bits per heavy atom. The summed E-state index contributed by atoms with van der Waals surface area (Å²) in [5.74, 6) is -0.461. The maximum atomic E-state index is 11.7. The van der Waals surface area contributed by atoms with Gasteiger partial charge < -0.3 is 0 Å². The molecule has 2 heterocycles. The molecule has 3 aromatic rings. The maximum absolute atomic E-state index is 11.7. The molecule has 2 N–H and O–H groups in total. The van der Waals surface area contributed by atoms with Crippen LogP contribution in [-0.4, -0.2) is 16.8 Å². The zero-order valence-corrected chi connectivity index (χ0v) is 14.6. The third-order valence-electron chi connectivity index (χ3n) is 3.44. The maximum Gasteiger partial charge on any atom is 0.279 e. The number of aryl methyl sites for hydroxylation is 1. The highest BCUT2D eigenvalue weighted by Gasteiger charge is 2.08. The number of hydrazine groups is 1. The molecule has 7 heteroatoms. The van der Waals surface area contributed by atoms with Gasteiger partial charge >= 0.3 is 0 Å². The molecule has 3 rings (SSSR count). The second-order valence-corrected chi connectivity index (χ2v) is 7.32. The van der Waals surface area contributed by atoms with Crippen molar-refractivity contribution in [1.29, 1.82) is 0 Å². The van der Waals surface area contributed by atoms with Crippen LogP contribution in [0.1, 0.15) is 33.9 Å². The molecular weight excluding hydrogens is 342 g/mol. The number of para-hydroxylation sites is 1. The van der Waals surface area contributed by atoms with Crippen LogP contribution >= 0.6 is 22.7 Å². The monoisotopic (exact) mass is 359 g/mol. The number of unbranched alkanes of at least 4 members (excludes halogenated alkanes) is 1. The molecule has 0 bridgehead atoms. The van der Waals surface area contributed by atoms with Crippen LogP contribution in [0.2, 0.25) is 0 Å². The number of fused-ring (bicyclic) bond motifs is 1. The normalized spacial score (nSPS) is 10.7. The van der Waals surface area contributed by atoms with E-state index in [1.807, 2.05) is 23.6 Å². The molecule has 124 valence electrons. The van der Waals surface area contributed by atoms with Crippen LogP contribution in [0.5, 0.6) is 0 Å². The first-order chi connectivity index (χ1) is 11.7. The summed E-state index contributed by atoms with van der Waals surface area (Å²) in [6.07, 6.45) is 2.91. The van der Waals surface area contributed by atoms with Crippen LogP contribution in [0.25, 0.3) is 10.2 Å². The molecule has 24 heavy (non-hydrogen) atoms. The van der Waals surface area contributed by atoms with Gasteiger partial charge in [-0.1, -0.05) is 18.2 Å². The minimum absolute atomic E-state index is 0.177. The van der Waals surface area contributed by atoms with Crippen molar-refractivity contribution in [3.8, 4) is 0 Å². The average Bonchev–Trinajstić information content (AvgIpc) is 3.25. The number of nitrogens with zero attached hydrogens (tertiary/aromatic N) is 1. The molecule has 1 aromatic carbocycles. The lowest BCUT2D eigenvalue weighted by Crippen LogP contribution is -2.41. The number of hydrogen-bond acceptors (Lipinski definition) is 5. The number of carbonyl (C=O) groups is 2. The Morgan fingerprint density at radius 2 is 1.92 bits per heavy atom. The fourth-order valence-corrected chi connectivity index (χ4v) is 3.88. The van der Waals surface area contributed by atoms with E-state index < -0.39 is 0 Å². The average molecular weight is 359 g/mol. The molecule has 2 amide bonds. The highest BCUT2D eigenvalue weighted by molar-refractivity contribution is 7.18. The molecule has 0 atom stereocenters. The molecule has 0 fully saturated rings. The molecular formula is C17H17N3O2S2. The molecule has 0 spiro atoms. The standard InChI is InChI=1S/C17H17N3O2S2/c21-15(19-20-17(22)14-8-5-11-23-14)9-3-4-10-16-18-12-6-1-2-7-13(12)24-16/h1-2,5-8,11H,3-4,9-10H2,(H,19,21)(H,20,22). The fourth-order valence-electron chi connectivity index (χ4n) is 2.25. The van der Waals surface area contributed by atoms with E-state index in [0.717, 1.165) is 29.8 Å². The lowest BCUT2D eigenvalue weighted by Gasteiger charge is -2.05. The summed E-state index contributed by atoms with van der Waals surface area (Å²) in [4.78, 5) is 28.6. The molecule has 0 radical (unpaired) electrons. The van der Waals surface area contributed by atoms with E-state index in [-0.39, 0.29) is 11.8 Å². The van der Waals surface area contributed by atoms with Crippen molar-refractivity contribution in [2.24, 2.45) is 0 Å². The van der Waals surface area contributed by atoms with Gasteiger partial charge in [0, 0.05) is 6.42 Å². The number of thiazole rings is 1. The van der Waals surface area contributed by atoms with Gasteiger partial charge in [-0.05, 0) is 42.8 Å². The number of nitrogens with one attached hydrogen (secondary N) is 2. The molecule has 0 aliphatic rings. The van der Waals surface area contributed by atoms with Gasteiger partial charge in [0.05, 0.1) is 20.1 Å². The lowest BCUT2D eigenvalue weighted by atomic mass is 10.2. The second-order valence-electron chi connectivity index (χ2n) is 5.26. The number of rotatable bonds is 6. The first-order valence-electron chi connectivity index (χ1n) is 7.69. The summed E-state index contributed by atoms with van der Waals surface area (Å²) >= 11 is 3.04. The van der Waals surface area contributed by atoms with E-state index in [0.29, 0.717) is 11.3 Å². The number of hydrogen-bond donors (Lipinski definition) is 2. The number of amides is 2. The Balaban J connectivity index is 1.35. The van der Waals surface area contributed by atoms with Crippen molar-refractivity contribution in [2.75, 3.05) is 0 Å². The van der Waals surface area contributed by atoms with Gasteiger partial charge in [-0.25, -0.2) is 4.98 Å². The van der Waals surface area contributed by atoms with Crippen LogP contribution < -0.4 is 10.9 Å². The first kappa shape index (κ1) is 16.6. The molecule has 5 nitrogen and oxygen atoms in total. The largest absolute Gasteiger partial charge is 0.279 e. The van der Waals surface area contributed by atoms with E-state index in [9.17, 15) is 9.59 Å². The summed E-state index contributed by atoms with van der Waals surface area (Å²) in [7, 11) is 0. The number of carbonyl (C=O) groups excluding carboxylic acids is 2. The SMILES string of the molecule is O=C(CCCCc1nc2ccccc2s1)NNC(=O)c1cccs1. The van der Waals surface area contributed by atoms with Gasteiger partial charge in [0.2, 0.25) is 5.91 Å². The Labute approximate surface area is 147 Å². The van der Waals surface area contributed by atoms with E-state index in [2.05, 4.69) is 21.9 Å². The third-order valence-corrected chi connectivity index (χ3v) is 5.41. The molecule has 2 aromatic heterocycles. The van der Waals surface area contributed by atoms with E-state index in [1.54, 1.807) is 23.5 Å². The second kappa shape index (κ2) is 8.03. The third kappa shape index (κ3) is 4.39. The molecule has 0 aliphatic carbocycles. The van der Waals surface area contributed by atoms with Crippen LogP contribution in [0.3, 0.4) is 0 Å². The van der Waals surface area contributed by atoms with Crippen LogP contribution in [0.4, 0.5) is 0 Å². The van der Waals surface area contributed by atoms with Gasteiger partial charge in [0.15, 0.2) is 0 Å². The summed E-state index contributed by atoms with van der Waals surface area (Å²) in [6.45, 7) is 0. The molecule has 0 unspecified atom stereocenters. The van der Waals surface area contributed by atoms with Crippen molar-refractivity contribution in [1.82, 2.24) is 15.8 Å². The minimum Gasteiger partial charge on any atom is -0.273 e. The highest BCUT2D eigenvalue weighted by Crippen LogP contribution is 2.22. The van der Waals surface area contributed by atoms with E-state index in [1.165, 1.54) is 16.0 Å². The smallest absolute Gasteiger partial charge is 0.273 e. The van der Waals surface area contributed by atoms with Crippen molar-refractivity contribution in [3.63, 3.8) is 0 Å². The van der Waals surface area contributed by atoms with Crippen molar-refractivity contribution in [2.45, 2.75) is 25.7 Å². The summed E-state index contributed by atoms with van der Waals surface area (Å²) in [6, 6.07) is 11.6. The number of benzene rings is 1. The zero-order chi connectivity index (χ0) is 16.8. The Morgan fingerprint density at radius 1 is 1.04 bits per heavy atom. The predicted molar refractivity (Wildman–Crippen MR) is 97.1 cm³/mol. The topological polar surface area (TPSA) is 71.1 Å². The van der Waals surface area contributed by atoms with Gasteiger partial charge in [0.1, 0.15) is 0 Å². The Kier molecular flexibility index (Phi) is 5.55. The molecule has 0 saturated heterocycles.